The molecule has 1 saturated heterocycles. The number of halogens is 1. The van der Waals surface area contributed by atoms with Crippen molar-refractivity contribution in [2.45, 2.75) is 17.5 Å². The molecule has 1 aliphatic rings. The highest BCUT2D eigenvalue weighted by Crippen LogP contribution is 2.28. The zero-order valence-corrected chi connectivity index (χ0v) is 19.0. The van der Waals surface area contributed by atoms with E-state index in [9.17, 15) is 9.18 Å². The van der Waals surface area contributed by atoms with E-state index in [4.69, 9.17) is 4.74 Å². The van der Waals surface area contributed by atoms with Gasteiger partial charge in [0.2, 0.25) is 0 Å². The van der Waals surface area contributed by atoms with E-state index in [0.29, 0.717) is 28.0 Å². The van der Waals surface area contributed by atoms with Gasteiger partial charge in [-0.05, 0) is 30.8 Å². The normalized spacial score (nSPS) is 14.7. The maximum absolute atomic E-state index is 14.5. The van der Waals surface area contributed by atoms with Crippen molar-refractivity contribution in [3.63, 3.8) is 0 Å². The number of para-hydroxylation sites is 1. The maximum Gasteiger partial charge on any atom is 0.254 e. The van der Waals surface area contributed by atoms with E-state index >= 15 is 0 Å². The molecule has 0 atom stereocenters. The van der Waals surface area contributed by atoms with E-state index < -0.39 is 0 Å². The third kappa shape index (κ3) is 4.85. The maximum atomic E-state index is 14.5. The molecular formula is C23H26FN5O2S. The lowest BCUT2D eigenvalue weighted by atomic mass is 10.1. The van der Waals surface area contributed by atoms with Gasteiger partial charge in [0, 0.05) is 44.6 Å². The Morgan fingerprint density at radius 1 is 1.06 bits per heavy atom. The summed E-state index contributed by atoms with van der Waals surface area (Å²) in [4.78, 5) is 17.3. The van der Waals surface area contributed by atoms with Gasteiger partial charge in [0.05, 0.1) is 5.69 Å². The minimum Gasteiger partial charge on any atom is -0.377 e. The number of amides is 1. The van der Waals surface area contributed by atoms with Crippen LogP contribution >= 0.6 is 11.8 Å². The molecule has 1 aliphatic heterocycles. The first kappa shape index (κ1) is 22.4. The second-order valence-electron chi connectivity index (χ2n) is 7.66. The Labute approximate surface area is 191 Å². The molecule has 1 amide bonds. The number of piperazine rings is 1. The Morgan fingerprint density at radius 2 is 1.78 bits per heavy atom. The minimum atomic E-state index is -0.364. The number of aromatic nitrogens is 3. The Bertz CT molecular complexity index is 1080. The highest BCUT2D eigenvalue weighted by molar-refractivity contribution is 7.98. The highest BCUT2D eigenvalue weighted by Gasteiger charge is 2.23. The van der Waals surface area contributed by atoms with Crippen molar-refractivity contribution < 1.29 is 13.9 Å². The van der Waals surface area contributed by atoms with E-state index in [-0.39, 0.29) is 18.3 Å². The predicted molar refractivity (Wildman–Crippen MR) is 121 cm³/mol. The molecule has 0 N–H and O–H groups in total. The van der Waals surface area contributed by atoms with Gasteiger partial charge < -0.3 is 14.5 Å². The number of hydrogen-bond donors (Lipinski definition) is 0. The lowest BCUT2D eigenvalue weighted by molar-refractivity contribution is 0.0663. The number of ether oxygens (including phenoxy) is 1. The second-order valence-corrected chi connectivity index (χ2v) is 8.60. The number of nitrogens with zero attached hydrogens (tertiary/aromatic N) is 5. The van der Waals surface area contributed by atoms with Gasteiger partial charge in [-0.2, -0.15) is 0 Å². The number of hydrogen-bond acceptors (Lipinski definition) is 6. The van der Waals surface area contributed by atoms with E-state index in [0.717, 1.165) is 31.7 Å². The quantitative estimate of drug-likeness (QED) is 0.510. The van der Waals surface area contributed by atoms with Crippen molar-refractivity contribution in [2.75, 3.05) is 40.3 Å². The fourth-order valence-corrected chi connectivity index (χ4v) is 4.64. The zero-order valence-electron chi connectivity index (χ0n) is 18.2. The molecule has 0 aliphatic carbocycles. The second kappa shape index (κ2) is 10.2. The Balaban J connectivity index is 1.57. The fraction of sp³-hybridized carbons (Fsp3) is 0.348. The van der Waals surface area contributed by atoms with Crippen molar-refractivity contribution in [3.8, 4) is 5.69 Å². The summed E-state index contributed by atoms with van der Waals surface area (Å²) in [7, 11) is 3.63. The monoisotopic (exact) mass is 455 g/mol. The van der Waals surface area contributed by atoms with E-state index in [1.807, 2.05) is 29.2 Å². The van der Waals surface area contributed by atoms with Crippen LogP contribution in [0.3, 0.4) is 0 Å². The van der Waals surface area contributed by atoms with Gasteiger partial charge in [-0.25, -0.2) is 4.39 Å². The first-order valence-electron chi connectivity index (χ1n) is 10.4. The summed E-state index contributed by atoms with van der Waals surface area (Å²) < 4.78 is 21.4. The van der Waals surface area contributed by atoms with Crippen LogP contribution < -0.4 is 0 Å². The van der Waals surface area contributed by atoms with Gasteiger partial charge >= 0.3 is 0 Å². The number of rotatable bonds is 7. The van der Waals surface area contributed by atoms with Crippen LogP contribution in [0.15, 0.2) is 53.7 Å². The van der Waals surface area contributed by atoms with Gasteiger partial charge in [-0.3, -0.25) is 9.36 Å². The lowest BCUT2D eigenvalue weighted by Crippen LogP contribution is -2.47. The van der Waals surface area contributed by atoms with Crippen LogP contribution in [0.5, 0.6) is 0 Å². The van der Waals surface area contributed by atoms with Crippen molar-refractivity contribution in [3.05, 3.63) is 71.3 Å². The SMILES string of the molecule is COCc1nnc(SCc2ccccc2C(=O)N2CCN(C)CC2)n1-c1ccccc1F. The summed E-state index contributed by atoms with van der Waals surface area (Å²) in [6, 6.07) is 14.1. The van der Waals surface area contributed by atoms with Crippen LogP contribution in [0, 0.1) is 5.82 Å². The molecule has 2 aromatic carbocycles. The van der Waals surface area contributed by atoms with E-state index in [1.54, 1.807) is 29.9 Å². The van der Waals surface area contributed by atoms with Crippen LogP contribution in [0.1, 0.15) is 21.7 Å². The van der Waals surface area contributed by atoms with Gasteiger partial charge in [0.15, 0.2) is 11.0 Å². The first-order chi connectivity index (χ1) is 15.6. The molecule has 1 fully saturated rings. The molecule has 0 radical (unpaired) electrons. The topological polar surface area (TPSA) is 63.5 Å². The van der Waals surface area contributed by atoms with E-state index in [1.165, 1.54) is 17.8 Å². The minimum absolute atomic E-state index is 0.0462. The number of carbonyl (C=O) groups excluding carboxylic acids is 1. The summed E-state index contributed by atoms with van der Waals surface area (Å²) in [6.45, 7) is 3.39. The summed E-state index contributed by atoms with van der Waals surface area (Å²) in [6.07, 6.45) is 0. The average molecular weight is 456 g/mol. The van der Waals surface area contributed by atoms with Gasteiger partial charge in [0.25, 0.3) is 5.91 Å². The Morgan fingerprint density at radius 3 is 2.53 bits per heavy atom. The molecule has 2 heterocycles. The van der Waals surface area contributed by atoms with Crippen molar-refractivity contribution in [1.82, 2.24) is 24.6 Å². The molecule has 32 heavy (non-hydrogen) atoms. The first-order valence-corrected chi connectivity index (χ1v) is 11.4. The predicted octanol–water partition coefficient (Wildman–Crippen LogP) is 3.23. The molecule has 9 heteroatoms. The molecule has 168 valence electrons. The molecule has 0 spiro atoms. The summed E-state index contributed by atoms with van der Waals surface area (Å²) in [5.74, 6) is 0.707. The molecule has 0 saturated carbocycles. The zero-order chi connectivity index (χ0) is 22.5. The lowest BCUT2D eigenvalue weighted by Gasteiger charge is -2.32. The van der Waals surface area contributed by atoms with Crippen LogP contribution in [-0.4, -0.2) is 70.8 Å². The molecule has 0 bridgehead atoms. The standard InChI is InChI=1S/C23H26FN5O2S/c1-27-11-13-28(14-12-27)22(30)18-8-4-3-7-17(18)16-32-23-26-25-21(15-31-2)29(23)20-10-6-5-9-19(20)24/h3-10H,11-16H2,1-2H3. The van der Waals surface area contributed by atoms with Crippen LogP contribution in [0.4, 0.5) is 4.39 Å². The highest BCUT2D eigenvalue weighted by atomic mass is 32.2. The van der Waals surface area contributed by atoms with Crippen LogP contribution in [0.25, 0.3) is 5.69 Å². The summed E-state index contributed by atoms with van der Waals surface area (Å²) >= 11 is 1.42. The smallest absolute Gasteiger partial charge is 0.254 e. The molecule has 4 rings (SSSR count). The summed E-state index contributed by atoms with van der Waals surface area (Å²) in [5.41, 5.74) is 1.98. The molecule has 7 nitrogen and oxygen atoms in total. The third-order valence-electron chi connectivity index (χ3n) is 5.46. The van der Waals surface area contributed by atoms with Crippen molar-refractivity contribution in [1.29, 1.82) is 0 Å². The average Bonchev–Trinajstić information content (AvgIpc) is 3.21. The molecular weight excluding hydrogens is 429 g/mol. The molecule has 3 aromatic rings. The van der Waals surface area contributed by atoms with Crippen molar-refractivity contribution >= 4 is 17.7 Å². The number of benzene rings is 2. The molecule has 1 aromatic heterocycles. The van der Waals surface area contributed by atoms with E-state index in [2.05, 4.69) is 22.1 Å². The summed E-state index contributed by atoms with van der Waals surface area (Å²) in [5, 5.41) is 9.01. The van der Waals surface area contributed by atoms with Crippen LogP contribution in [-0.2, 0) is 17.1 Å². The van der Waals surface area contributed by atoms with Crippen LogP contribution in [0.2, 0.25) is 0 Å². The fourth-order valence-electron chi connectivity index (χ4n) is 3.67. The van der Waals surface area contributed by atoms with Crippen molar-refractivity contribution in [2.24, 2.45) is 0 Å². The number of methoxy groups -OCH3 is 1. The molecule has 0 unspecified atom stereocenters. The third-order valence-corrected chi connectivity index (χ3v) is 6.44. The number of carbonyl (C=O) groups is 1. The Kier molecular flexibility index (Phi) is 7.19. The van der Waals surface area contributed by atoms with Gasteiger partial charge in [0.1, 0.15) is 12.4 Å². The van der Waals surface area contributed by atoms with Gasteiger partial charge in [-0.1, -0.05) is 42.1 Å². The Hall–Kier alpha value is -2.75. The largest absolute Gasteiger partial charge is 0.377 e. The number of thioether (sulfide) groups is 1. The van der Waals surface area contributed by atoms with Gasteiger partial charge in [-0.15, -0.1) is 10.2 Å². The number of likely N-dealkylation sites (N-methyl/N-ethyl adjacent to an activating group) is 1.